The van der Waals surface area contributed by atoms with Crippen LogP contribution in [0.3, 0.4) is 0 Å². The minimum atomic E-state index is -0.617. The molecule has 0 saturated heterocycles. The molecule has 0 bridgehead atoms. The van der Waals surface area contributed by atoms with Gasteiger partial charge in [0.2, 0.25) is 5.91 Å². The minimum absolute atomic E-state index is 0.153. The van der Waals surface area contributed by atoms with Crippen LogP contribution in [0, 0.1) is 11.6 Å². The topological polar surface area (TPSA) is 29.1 Å². The van der Waals surface area contributed by atoms with Gasteiger partial charge in [0.25, 0.3) is 0 Å². The van der Waals surface area contributed by atoms with Gasteiger partial charge in [0.1, 0.15) is 11.6 Å². The average Bonchev–Trinajstić information content (AvgIpc) is 2.14. The fraction of sp³-hybridized carbons (Fsp3) is 0.182. The molecule has 0 aliphatic heterocycles. The highest BCUT2D eigenvalue weighted by Crippen LogP contribution is 2.10. The number of hydrogen-bond acceptors (Lipinski definition) is 1. The van der Waals surface area contributed by atoms with Crippen LogP contribution in [0.15, 0.2) is 24.3 Å². The molecule has 1 aromatic carbocycles. The highest BCUT2D eigenvalue weighted by atomic mass is 19.1. The second-order valence-corrected chi connectivity index (χ2v) is 3.01. The zero-order chi connectivity index (χ0) is 11.3. The van der Waals surface area contributed by atoms with Gasteiger partial charge in [-0.05, 0) is 12.1 Å². The molecule has 0 radical (unpaired) electrons. The van der Waals surface area contributed by atoms with Crippen molar-refractivity contribution in [2.24, 2.45) is 0 Å². The van der Waals surface area contributed by atoms with Gasteiger partial charge in [-0.1, -0.05) is 12.2 Å². The van der Waals surface area contributed by atoms with Gasteiger partial charge in [-0.3, -0.25) is 4.79 Å². The fourth-order valence-corrected chi connectivity index (χ4v) is 1.03. The Hall–Kier alpha value is -1.71. The third-order valence-corrected chi connectivity index (χ3v) is 1.73. The molecule has 0 unspecified atom stereocenters. The van der Waals surface area contributed by atoms with E-state index in [0.717, 1.165) is 6.07 Å². The molecule has 0 fully saturated rings. The zero-order valence-electron chi connectivity index (χ0n) is 8.26. The second kappa shape index (κ2) is 5.24. The van der Waals surface area contributed by atoms with Gasteiger partial charge in [0.05, 0.1) is 0 Å². The summed E-state index contributed by atoms with van der Waals surface area (Å²) in [6.07, 6.45) is 3.09. The van der Waals surface area contributed by atoms with Crippen molar-refractivity contribution in [1.29, 1.82) is 0 Å². The fourth-order valence-electron chi connectivity index (χ4n) is 1.03. The SMILES string of the molecule is CC(=O)NCC=Cc1ccc(F)cc1F. The van der Waals surface area contributed by atoms with Crippen molar-refractivity contribution in [1.82, 2.24) is 5.32 Å². The smallest absolute Gasteiger partial charge is 0.217 e. The summed E-state index contributed by atoms with van der Waals surface area (Å²) in [7, 11) is 0. The zero-order valence-corrected chi connectivity index (χ0v) is 8.26. The summed E-state index contributed by atoms with van der Waals surface area (Å²) in [4.78, 5) is 10.5. The Balaban J connectivity index is 2.60. The molecule has 4 heteroatoms. The molecule has 2 nitrogen and oxygen atoms in total. The Bertz CT molecular complexity index is 388. The Morgan fingerprint density at radius 2 is 2.20 bits per heavy atom. The van der Waals surface area contributed by atoms with Crippen LogP contribution in [0.4, 0.5) is 8.78 Å². The van der Waals surface area contributed by atoms with Crippen LogP contribution in [0.25, 0.3) is 6.08 Å². The first-order valence-electron chi connectivity index (χ1n) is 4.45. The maximum Gasteiger partial charge on any atom is 0.217 e. The minimum Gasteiger partial charge on any atom is -0.353 e. The Morgan fingerprint density at radius 1 is 1.47 bits per heavy atom. The molecule has 15 heavy (non-hydrogen) atoms. The Kier molecular flexibility index (Phi) is 3.97. The summed E-state index contributed by atoms with van der Waals surface area (Å²) in [6.45, 7) is 1.72. The third kappa shape index (κ3) is 3.89. The van der Waals surface area contributed by atoms with Gasteiger partial charge >= 0.3 is 0 Å². The van der Waals surface area contributed by atoms with E-state index in [4.69, 9.17) is 0 Å². The number of carbonyl (C=O) groups is 1. The van der Waals surface area contributed by atoms with Gasteiger partial charge in [0, 0.05) is 25.1 Å². The molecule has 0 spiro atoms. The molecule has 0 saturated carbocycles. The van der Waals surface area contributed by atoms with E-state index in [2.05, 4.69) is 5.32 Å². The van der Waals surface area contributed by atoms with Gasteiger partial charge < -0.3 is 5.32 Å². The molecular formula is C11H11F2NO. The number of carbonyl (C=O) groups excluding carboxylic acids is 1. The summed E-state index contributed by atoms with van der Waals surface area (Å²) in [5.41, 5.74) is 0.293. The first kappa shape index (κ1) is 11.4. The molecule has 0 aliphatic carbocycles. The molecule has 1 amide bonds. The summed E-state index contributed by atoms with van der Waals surface area (Å²) >= 11 is 0. The van der Waals surface area contributed by atoms with Crippen LogP contribution in [-0.2, 0) is 4.79 Å². The van der Waals surface area contributed by atoms with Crippen LogP contribution in [-0.4, -0.2) is 12.5 Å². The van der Waals surface area contributed by atoms with E-state index in [-0.39, 0.29) is 5.91 Å². The highest BCUT2D eigenvalue weighted by molar-refractivity contribution is 5.73. The van der Waals surface area contributed by atoms with E-state index in [0.29, 0.717) is 12.1 Å². The number of amides is 1. The normalized spacial score (nSPS) is 10.6. The number of hydrogen-bond donors (Lipinski definition) is 1. The molecule has 0 atom stereocenters. The number of rotatable bonds is 3. The lowest BCUT2D eigenvalue weighted by Crippen LogP contribution is -2.19. The second-order valence-electron chi connectivity index (χ2n) is 3.01. The predicted octanol–water partition coefficient (Wildman–Crippen LogP) is 2.11. The molecule has 1 N–H and O–H groups in total. The van der Waals surface area contributed by atoms with Crippen LogP contribution in [0.2, 0.25) is 0 Å². The summed E-state index contributed by atoms with van der Waals surface area (Å²) in [5, 5.41) is 2.52. The number of benzene rings is 1. The van der Waals surface area contributed by atoms with Gasteiger partial charge in [-0.25, -0.2) is 8.78 Å². The molecule has 0 aliphatic rings. The lowest BCUT2D eigenvalue weighted by molar-refractivity contribution is -0.118. The van der Waals surface area contributed by atoms with Crippen LogP contribution < -0.4 is 5.32 Å². The van der Waals surface area contributed by atoms with Crippen LogP contribution in [0.5, 0.6) is 0 Å². The van der Waals surface area contributed by atoms with E-state index in [1.807, 2.05) is 0 Å². The van der Waals surface area contributed by atoms with Crippen LogP contribution in [0.1, 0.15) is 12.5 Å². The largest absolute Gasteiger partial charge is 0.353 e. The monoisotopic (exact) mass is 211 g/mol. The molecular weight excluding hydrogens is 200 g/mol. The lowest BCUT2D eigenvalue weighted by Gasteiger charge is -1.97. The molecule has 1 aromatic rings. The Labute approximate surface area is 86.6 Å². The van der Waals surface area contributed by atoms with Gasteiger partial charge in [-0.15, -0.1) is 0 Å². The molecule has 0 aromatic heterocycles. The maximum atomic E-state index is 13.1. The summed E-state index contributed by atoms with van der Waals surface area (Å²) in [5.74, 6) is -1.38. The average molecular weight is 211 g/mol. The molecule has 80 valence electrons. The Morgan fingerprint density at radius 3 is 2.80 bits per heavy atom. The van der Waals surface area contributed by atoms with Crippen molar-refractivity contribution in [3.8, 4) is 0 Å². The van der Waals surface area contributed by atoms with Crippen molar-refractivity contribution in [2.75, 3.05) is 6.54 Å². The lowest BCUT2D eigenvalue weighted by atomic mass is 10.2. The third-order valence-electron chi connectivity index (χ3n) is 1.73. The first-order valence-corrected chi connectivity index (χ1v) is 4.45. The van der Waals surface area contributed by atoms with E-state index in [9.17, 15) is 13.6 Å². The van der Waals surface area contributed by atoms with Crippen molar-refractivity contribution in [2.45, 2.75) is 6.92 Å². The maximum absolute atomic E-state index is 13.1. The van der Waals surface area contributed by atoms with E-state index in [1.165, 1.54) is 25.1 Å². The van der Waals surface area contributed by atoms with Crippen LogP contribution >= 0.6 is 0 Å². The van der Waals surface area contributed by atoms with Gasteiger partial charge in [-0.2, -0.15) is 0 Å². The van der Waals surface area contributed by atoms with E-state index >= 15 is 0 Å². The summed E-state index contributed by atoms with van der Waals surface area (Å²) < 4.78 is 25.6. The summed E-state index contributed by atoms with van der Waals surface area (Å²) in [6, 6.07) is 3.34. The van der Waals surface area contributed by atoms with Crippen molar-refractivity contribution in [3.05, 3.63) is 41.5 Å². The van der Waals surface area contributed by atoms with E-state index in [1.54, 1.807) is 6.08 Å². The predicted molar refractivity (Wildman–Crippen MR) is 54.1 cm³/mol. The first-order chi connectivity index (χ1) is 7.09. The quantitative estimate of drug-likeness (QED) is 0.815. The van der Waals surface area contributed by atoms with Crippen molar-refractivity contribution >= 4 is 12.0 Å². The highest BCUT2D eigenvalue weighted by Gasteiger charge is 1.99. The van der Waals surface area contributed by atoms with E-state index < -0.39 is 11.6 Å². The van der Waals surface area contributed by atoms with Crippen molar-refractivity contribution in [3.63, 3.8) is 0 Å². The number of nitrogens with one attached hydrogen (secondary N) is 1. The molecule has 0 heterocycles. The molecule has 1 rings (SSSR count). The van der Waals surface area contributed by atoms with Crippen molar-refractivity contribution < 1.29 is 13.6 Å². The standard InChI is InChI=1S/C11H11F2NO/c1-8(15)14-6-2-3-9-4-5-10(12)7-11(9)13/h2-5,7H,6H2,1H3,(H,14,15). The number of halogens is 2. The van der Waals surface area contributed by atoms with Gasteiger partial charge in [0.15, 0.2) is 0 Å².